The minimum atomic E-state index is 0.0129. The molecule has 0 amide bonds. The molecule has 2 unspecified atom stereocenters. The molecule has 0 bridgehead atoms. The predicted octanol–water partition coefficient (Wildman–Crippen LogP) is 3.62. The van der Waals surface area contributed by atoms with E-state index in [4.69, 9.17) is 0 Å². The third-order valence-corrected chi connectivity index (χ3v) is 4.35. The fourth-order valence-corrected chi connectivity index (χ4v) is 3.01. The summed E-state index contributed by atoms with van der Waals surface area (Å²) >= 11 is 3.43. The summed E-state index contributed by atoms with van der Waals surface area (Å²) in [6, 6.07) is 10.5. The van der Waals surface area contributed by atoms with Crippen molar-refractivity contribution in [3.05, 3.63) is 64.8 Å². The lowest BCUT2D eigenvalue weighted by molar-refractivity contribution is 0.442. The van der Waals surface area contributed by atoms with Gasteiger partial charge in [0.15, 0.2) is 0 Å². The molecule has 24 heavy (non-hydrogen) atoms. The first-order valence-electron chi connectivity index (χ1n) is 7.83. The Balaban J connectivity index is 1.95. The SMILES string of the molecule is CCC(Nc1cc(Br)cnn1)C(c1ccc(C)cc1)n1cncn1. The highest BCUT2D eigenvalue weighted by Gasteiger charge is 2.25. The molecule has 0 saturated heterocycles. The first-order valence-corrected chi connectivity index (χ1v) is 8.62. The Labute approximate surface area is 149 Å². The summed E-state index contributed by atoms with van der Waals surface area (Å²) in [6.07, 6.45) is 5.88. The maximum Gasteiger partial charge on any atom is 0.150 e. The van der Waals surface area contributed by atoms with Crippen molar-refractivity contribution in [3.8, 4) is 0 Å². The van der Waals surface area contributed by atoms with Crippen molar-refractivity contribution in [3.63, 3.8) is 0 Å². The molecule has 0 aliphatic rings. The van der Waals surface area contributed by atoms with Crippen LogP contribution < -0.4 is 5.32 Å². The van der Waals surface area contributed by atoms with E-state index in [1.807, 2.05) is 10.7 Å². The van der Waals surface area contributed by atoms with Gasteiger partial charge in [-0.25, -0.2) is 9.67 Å². The van der Waals surface area contributed by atoms with Crippen LogP contribution in [0.15, 0.2) is 53.7 Å². The maximum atomic E-state index is 4.36. The minimum absolute atomic E-state index is 0.0129. The molecule has 0 aliphatic heterocycles. The maximum absolute atomic E-state index is 4.36. The van der Waals surface area contributed by atoms with Crippen LogP contribution in [0.25, 0.3) is 0 Å². The molecule has 124 valence electrons. The van der Waals surface area contributed by atoms with E-state index in [9.17, 15) is 0 Å². The van der Waals surface area contributed by atoms with Gasteiger partial charge in [-0.2, -0.15) is 10.2 Å². The number of nitrogens with one attached hydrogen (secondary N) is 1. The van der Waals surface area contributed by atoms with Gasteiger partial charge in [0.05, 0.1) is 18.3 Å². The lowest BCUT2D eigenvalue weighted by Gasteiger charge is -2.28. The molecule has 1 N–H and O–H groups in total. The van der Waals surface area contributed by atoms with Crippen molar-refractivity contribution >= 4 is 21.7 Å². The van der Waals surface area contributed by atoms with Crippen LogP contribution in [0, 0.1) is 6.92 Å². The van der Waals surface area contributed by atoms with Crippen LogP contribution in [0.3, 0.4) is 0 Å². The largest absolute Gasteiger partial charge is 0.363 e. The van der Waals surface area contributed by atoms with E-state index in [0.717, 1.165) is 16.7 Å². The quantitative estimate of drug-likeness (QED) is 0.700. The van der Waals surface area contributed by atoms with Crippen molar-refractivity contribution in [2.75, 3.05) is 5.32 Å². The summed E-state index contributed by atoms with van der Waals surface area (Å²) in [5.74, 6) is 0.730. The van der Waals surface area contributed by atoms with Crippen LogP contribution in [0.1, 0.15) is 30.5 Å². The molecular weight excluding hydrogens is 368 g/mol. The first kappa shape index (κ1) is 16.6. The van der Waals surface area contributed by atoms with Gasteiger partial charge in [-0.1, -0.05) is 36.8 Å². The van der Waals surface area contributed by atoms with Gasteiger partial charge in [-0.3, -0.25) is 0 Å². The zero-order valence-corrected chi connectivity index (χ0v) is 15.2. The normalized spacial score (nSPS) is 13.5. The Morgan fingerprint density at radius 2 is 2.04 bits per heavy atom. The number of nitrogens with zero attached hydrogens (tertiary/aromatic N) is 5. The van der Waals surface area contributed by atoms with Gasteiger partial charge in [-0.15, -0.1) is 5.10 Å². The third-order valence-electron chi connectivity index (χ3n) is 3.92. The highest BCUT2D eigenvalue weighted by molar-refractivity contribution is 9.10. The van der Waals surface area contributed by atoms with E-state index in [1.165, 1.54) is 11.1 Å². The average Bonchev–Trinajstić information content (AvgIpc) is 3.10. The molecule has 0 fully saturated rings. The van der Waals surface area contributed by atoms with Crippen LogP contribution in [0.4, 0.5) is 5.82 Å². The molecular formula is C17H19BrN6. The van der Waals surface area contributed by atoms with Gasteiger partial charge in [0.25, 0.3) is 0 Å². The molecule has 0 saturated carbocycles. The van der Waals surface area contributed by atoms with Crippen LogP contribution >= 0.6 is 15.9 Å². The molecule has 2 atom stereocenters. The number of halogens is 1. The smallest absolute Gasteiger partial charge is 0.150 e. The number of anilines is 1. The topological polar surface area (TPSA) is 68.5 Å². The van der Waals surface area contributed by atoms with E-state index >= 15 is 0 Å². The summed E-state index contributed by atoms with van der Waals surface area (Å²) < 4.78 is 2.78. The number of hydrogen-bond donors (Lipinski definition) is 1. The molecule has 2 aromatic heterocycles. The molecule has 0 spiro atoms. The van der Waals surface area contributed by atoms with E-state index in [2.05, 4.69) is 79.6 Å². The van der Waals surface area contributed by atoms with Crippen LogP contribution in [0.2, 0.25) is 0 Å². The Morgan fingerprint density at radius 1 is 1.25 bits per heavy atom. The van der Waals surface area contributed by atoms with Crippen molar-refractivity contribution in [2.24, 2.45) is 0 Å². The Kier molecular flexibility index (Phi) is 5.20. The van der Waals surface area contributed by atoms with Gasteiger partial charge < -0.3 is 5.32 Å². The fourth-order valence-electron chi connectivity index (χ4n) is 2.70. The van der Waals surface area contributed by atoms with E-state index < -0.39 is 0 Å². The predicted molar refractivity (Wildman–Crippen MR) is 96.8 cm³/mol. The van der Waals surface area contributed by atoms with Crippen LogP contribution in [-0.4, -0.2) is 31.0 Å². The van der Waals surface area contributed by atoms with Gasteiger partial charge >= 0.3 is 0 Å². The zero-order valence-electron chi connectivity index (χ0n) is 13.6. The summed E-state index contributed by atoms with van der Waals surface area (Å²) in [6.45, 7) is 4.22. The minimum Gasteiger partial charge on any atom is -0.363 e. The van der Waals surface area contributed by atoms with Gasteiger partial charge in [0.1, 0.15) is 18.5 Å². The van der Waals surface area contributed by atoms with Crippen molar-refractivity contribution in [1.82, 2.24) is 25.0 Å². The van der Waals surface area contributed by atoms with Gasteiger partial charge in [0.2, 0.25) is 0 Å². The second kappa shape index (κ2) is 7.53. The van der Waals surface area contributed by atoms with E-state index in [-0.39, 0.29) is 12.1 Å². The third kappa shape index (κ3) is 3.79. The lowest BCUT2D eigenvalue weighted by Crippen LogP contribution is -2.32. The Morgan fingerprint density at radius 3 is 2.67 bits per heavy atom. The average molecular weight is 387 g/mol. The van der Waals surface area contributed by atoms with Gasteiger partial charge in [0, 0.05) is 4.47 Å². The molecule has 0 radical (unpaired) electrons. The fraction of sp³-hybridized carbons (Fsp3) is 0.294. The molecule has 2 heterocycles. The summed E-state index contributed by atoms with van der Waals surface area (Å²) in [5, 5.41) is 16.0. The van der Waals surface area contributed by atoms with Crippen molar-refractivity contribution in [1.29, 1.82) is 0 Å². The monoisotopic (exact) mass is 386 g/mol. The zero-order chi connectivity index (χ0) is 16.9. The number of aromatic nitrogens is 5. The molecule has 1 aromatic carbocycles. The summed E-state index contributed by atoms with van der Waals surface area (Å²) in [5.41, 5.74) is 2.41. The summed E-state index contributed by atoms with van der Waals surface area (Å²) in [4.78, 5) is 4.11. The molecule has 3 aromatic rings. The van der Waals surface area contributed by atoms with Crippen molar-refractivity contribution < 1.29 is 0 Å². The highest BCUT2D eigenvalue weighted by atomic mass is 79.9. The second-order valence-corrected chi connectivity index (χ2v) is 6.56. The summed E-state index contributed by atoms with van der Waals surface area (Å²) in [7, 11) is 0. The van der Waals surface area contributed by atoms with E-state index in [0.29, 0.717) is 0 Å². The number of rotatable bonds is 6. The first-order chi connectivity index (χ1) is 11.7. The van der Waals surface area contributed by atoms with Crippen LogP contribution in [0.5, 0.6) is 0 Å². The standard InChI is InChI=1S/C17H19BrN6/c1-3-15(22-16-8-14(18)9-20-23-16)17(24-11-19-10-21-24)13-6-4-12(2)5-7-13/h4-11,15,17H,3H2,1-2H3,(H,22,23). The lowest BCUT2D eigenvalue weighted by atomic mass is 9.96. The number of benzene rings is 1. The van der Waals surface area contributed by atoms with Crippen molar-refractivity contribution in [2.45, 2.75) is 32.4 Å². The van der Waals surface area contributed by atoms with Crippen LogP contribution in [-0.2, 0) is 0 Å². The molecule has 7 heteroatoms. The van der Waals surface area contributed by atoms with Gasteiger partial charge in [-0.05, 0) is 40.9 Å². The second-order valence-electron chi connectivity index (χ2n) is 5.65. The van der Waals surface area contributed by atoms with E-state index in [1.54, 1.807) is 18.9 Å². The number of hydrogen-bond acceptors (Lipinski definition) is 5. The number of aryl methyl sites for hydroxylation is 1. The Bertz CT molecular complexity index is 772. The molecule has 3 rings (SSSR count). The Hall–Kier alpha value is -2.28. The molecule has 6 nitrogen and oxygen atoms in total. The highest BCUT2D eigenvalue weighted by Crippen LogP contribution is 2.26. The molecule has 0 aliphatic carbocycles.